The lowest BCUT2D eigenvalue weighted by Crippen LogP contribution is -2.46. The minimum atomic E-state index is -0.627. The molecular weight excluding hydrogens is 294 g/mol. The number of pyridine rings is 1. The molecule has 2 rings (SSSR count). The SMILES string of the molecule is CC(C)(C)OC(=O)N(CC(=O)N1CCCCC1)c1ccccn1. The summed E-state index contributed by atoms with van der Waals surface area (Å²) in [6.07, 6.45) is 4.23. The maximum atomic E-state index is 12.5. The number of amides is 2. The molecule has 0 atom stereocenters. The van der Waals surface area contributed by atoms with Crippen LogP contribution in [0, 0.1) is 0 Å². The third kappa shape index (κ3) is 5.23. The fourth-order valence-electron chi connectivity index (χ4n) is 2.45. The van der Waals surface area contributed by atoms with E-state index in [9.17, 15) is 9.59 Å². The molecule has 0 radical (unpaired) electrons. The fourth-order valence-corrected chi connectivity index (χ4v) is 2.45. The zero-order chi connectivity index (χ0) is 16.9. The van der Waals surface area contributed by atoms with E-state index in [1.165, 1.54) is 4.90 Å². The number of ether oxygens (including phenoxy) is 1. The molecule has 6 nitrogen and oxygen atoms in total. The zero-order valence-corrected chi connectivity index (χ0v) is 14.1. The van der Waals surface area contributed by atoms with Gasteiger partial charge in [-0.2, -0.15) is 0 Å². The lowest BCUT2D eigenvalue weighted by molar-refractivity contribution is -0.130. The van der Waals surface area contributed by atoms with Gasteiger partial charge in [0, 0.05) is 19.3 Å². The molecule has 0 aliphatic carbocycles. The molecule has 1 aromatic rings. The minimum Gasteiger partial charge on any atom is -0.443 e. The number of rotatable bonds is 3. The van der Waals surface area contributed by atoms with Gasteiger partial charge in [0.25, 0.3) is 0 Å². The summed E-state index contributed by atoms with van der Waals surface area (Å²) in [5.74, 6) is 0.355. The molecule has 2 amide bonds. The first-order valence-corrected chi connectivity index (χ1v) is 8.06. The van der Waals surface area contributed by atoms with E-state index in [1.54, 1.807) is 45.2 Å². The Balaban J connectivity index is 2.13. The van der Waals surface area contributed by atoms with Crippen LogP contribution in [0.3, 0.4) is 0 Å². The Morgan fingerprint density at radius 2 is 1.91 bits per heavy atom. The van der Waals surface area contributed by atoms with Crippen molar-refractivity contribution >= 4 is 17.8 Å². The van der Waals surface area contributed by atoms with Gasteiger partial charge in [0.05, 0.1) is 0 Å². The molecule has 6 heteroatoms. The van der Waals surface area contributed by atoms with E-state index >= 15 is 0 Å². The third-order valence-corrected chi connectivity index (χ3v) is 3.54. The molecule has 1 aliphatic heterocycles. The number of likely N-dealkylation sites (tertiary alicyclic amines) is 1. The number of anilines is 1. The predicted octanol–water partition coefficient (Wildman–Crippen LogP) is 2.84. The maximum absolute atomic E-state index is 12.5. The molecule has 126 valence electrons. The van der Waals surface area contributed by atoms with Gasteiger partial charge in [-0.05, 0) is 52.2 Å². The van der Waals surface area contributed by atoms with Crippen molar-refractivity contribution in [2.75, 3.05) is 24.5 Å². The summed E-state index contributed by atoms with van der Waals surface area (Å²) in [5, 5.41) is 0. The Kier molecular flexibility index (Phi) is 5.58. The van der Waals surface area contributed by atoms with Crippen molar-refractivity contribution in [2.24, 2.45) is 0 Å². The number of hydrogen-bond donors (Lipinski definition) is 0. The van der Waals surface area contributed by atoms with E-state index in [0.717, 1.165) is 32.4 Å². The quantitative estimate of drug-likeness (QED) is 0.859. The van der Waals surface area contributed by atoms with E-state index in [1.807, 2.05) is 4.90 Å². The van der Waals surface area contributed by atoms with Crippen molar-refractivity contribution in [2.45, 2.75) is 45.6 Å². The van der Waals surface area contributed by atoms with Crippen LogP contribution in [0.5, 0.6) is 0 Å². The maximum Gasteiger partial charge on any atom is 0.416 e. The summed E-state index contributed by atoms with van der Waals surface area (Å²) in [6.45, 7) is 6.86. The third-order valence-electron chi connectivity index (χ3n) is 3.54. The average Bonchev–Trinajstić information content (AvgIpc) is 2.52. The molecular formula is C17H25N3O3. The van der Waals surface area contributed by atoms with Gasteiger partial charge in [0.2, 0.25) is 5.91 Å². The topological polar surface area (TPSA) is 62.7 Å². The zero-order valence-electron chi connectivity index (χ0n) is 14.1. The van der Waals surface area contributed by atoms with Gasteiger partial charge in [-0.15, -0.1) is 0 Å². The molecule has 1 aliphatic rings. The number of carbonyl (C=O) groups excluding carboxylic acids is 2. The second kappa shape index (κ2) is 7.44. The summed E-state index contributed by atoms with van der Waals surface area (Å²) in [4.78, 5) is 32.3. The Morgan fingerprint density at radius 3 is 2.48 bits per heavy atom. The van der Waals surface area contributed by atoms with E-state index in [4.69, 9.17) is 4.74 Å². The van der Waals surface area contributed by atoms with Crippen molar-refractivity contribution in [3.63, 3.8) is 0 Å². The number of carbonyl (C=O) groups is 2. The molecule has 0 spiro atoms. The Hall–Kier alpha value is -2.11. The molecule has 23 heavy (non-hydrogen) atoms. The van der Waals surface area contributed by atoms with Gasteiger partial charge in [0.15, 0.2) is 0 Å². The standard InChI is InChI=1S/C17H25N3O3/c1-17(2,3)23-16(22)20(14-9-5-6-10-18-14)13-15(21)19-11-7-4-8-12-19/h5-6,9-10H,4,7-8,11-13H2,1-3H3. The summed E-state index contributed by atoms with van der Waals surface area (Å²) in [5.41, 5.74) is -0.627. The molecule has 0 N–H and O–H groups in total. The number of nitrogens with zero attached hydrogens (tertiary/aromatic N) is 3. The Bertz CT molecular complexity index is 534. The molecule has 0 bridgehead atoms. The van der Waals surface area contributed by atoms with E-state index < -0.39 is 11.7 Å². The van der Waals surface area contributed by atoms with Crippen molar-refractivity contribution in [1.29, 1.82) is 0 Å². The van der Waals surface area contributed by atoms with Gasteiger partial charge in [0.1, 0.15) is 18.0 Å². The summed E-state index contributed by atoms with van der Waals surface area (Å²) in [7, 11) is 0. The first-order chi connectivity index (χ1) is 10.9. The second-order valence-electron chi connectivity index (χ2n) is 6.70. The average molecular weight is 319 g/mol. The van der Waals surface area contributed by atoms with Gasteiger partial charge in [-0.1, -0.05) is 6.07 Å². The normalized spacial score (nSPS) is 15.2. The molecule has 1 saturated heterocycles. The van der Waals surface area contributed by atoms with Crippen LogP contribution in [0.15, 0.2) is 24.4 Å². The van der Waals surface area contributed by atoms with Gasteiger partial charge in [-0.25, -0.2) is 9.78 Å². The van der Waals surface area contributed by atoms with Crippen molar-refractivity contribution in [3.05, 3.63) is 24.4 Å². The number of hydrogen-bond acceptors (Lipinski definition) is 4. The summed E-state index contributed by atoms with van der Waals surface area (Å²) >= 11 is 0. The molecule has 2 heterocycles. The molecule has 0 unspecified atom stereocenters. The first kappa shape index (κ1) is 17.2. The Labute approximate surface area is 137 Å². The van der Waals surface area contributed by atoms with Crippen LogP contribution in [0.4, 0.5) is 10.6 Å². The largest absolute Gasteiger partial charge is 0.443 e. The van der Waals surface area contributed by atoms with Crippen molar-refractivity contribution in [3.8, 4) is 0 Å². The lowest BCUT2D eigenvalue weighted by Gasteiger charge is -2.30. The highest BCUT2D eigenvalue weighted by atomic mass is 16.6. The number of aromatic nitrogens is 1. The van der Waals surface area contributed by atoms with Gasteiger partial charge >= 0.3 is 6.09 Å². The lowest BCUT2D eigenvalue weighted by atomic mass is 10.1. The van der Waals surface area contributed by atoms with Crippen LogP contribution in [0.1, 0.15) is 40.0 Å². The Morgan fingerprint density at radius 1 is 1.22 bits per heavy atom. The summed E-state index contributed by atoms with van der Waals surface area (Å²) in [6, 6.07) is 5.25. The van der Waals surface area contributed by atoms with Crippen LogP contribution in [-0.2, 0) is 9.53 Å². The van der Waals surface area contributed by atoms with Crippen LogP contribution in [0.25, 0.3) is 0 Å². The highest BCUT2D eigenvalue weighted by Gasteiger charge is 2.28. The van der Waals surface area contributed by atoms with Gasteiger partial charge < -0.3 is 9.64 Å². The molecule has 1 aromatic heterocycles. The number of piperidine rings is 1. The monoisotopic (exact) mass is 319 g/mol. The molecule has 0 saturated carbocycles. The predicted molar refractivity (Wildman–Crippen MR) is 88.2 cm³/mol. The molecule has 0 aromatic carbocycles. The van der Waals surface area contributed by atoms with E-state index in [-0.39, 0.29) is 12.5 Å². The van der Waals surface area contributed by atoms with Crippen LogP contribution in [0.2, 0.25) is 0 Å². The minimum absolute atomic E-state index is 0.0497. The smallest absolute Gasteiger partial charge is 0.416 e. The fraction of sp³-hybridized carbons (Fsp3) is 0.588. The first-order valence-electron chi connectivity index (χ1n) is 8.06. The van der Waals surface area contributed by atoms with E-state index in [0.29, 0.717) is 5.82 Å². The van der Waals surface area contributed by atoms with Crippen LogP contribution in [-0.4, -0.2) is 47.1 Å². The molecule has 1 fully saturated rings. The van der Waals surface area contributed by atoms with Crippen LogP contribution >= 0.6 is 0 Å². The van der Waals surface area contributed by atoms with E-state index in [2.05, 4.69) is 4.98 Å². The highest BCUT2D eigenvalue weighted by Crippen LogP contribution is 2.17. The van der Waals surface area contributed by atoms with Crippen molar-refractivity contribution in [1.82, 2.24) is 9.88 Å². The van der Waals surface area contributed by atoms with Crippen molar-refractivity contribution < 1.29 is 14.3 Å². The summed E-state index contributed by atoms with van der Waals surface area (Å²) < 4.78 is 5.42. The highest BCUT2D eigenvalue weighted by molar-refractivity contribution is 5.94. The van der Waals surface area contributed by atoms with Gasteiger partial charge in [-0.3, -0.25) is 9.69 Å². The second-order valence-corrected chi connectivity index (χ2v) is 6.70. The van der Waals surface area contributed by atoms with Crippen LogP contribution < -0.4 is 4.90 Å².